The van der Waals surface area contributed by atoms with Gasteiger partial charge in [-0.3, -0.25) is 9.59 Å². The van der Waals surface area contributed by atoms with E-state index < -0.39 is 18.5 Å². The zero-order valence-electron chi connectivity index (χ0n) is 19.5. The van der Waals surface area contributed by atoms with E-state index in [4.69, 9.17) is 14.2 Å². The van der Waals surface area contributed by atoms with Crippen LogP contribution in [-0.2, 0) is 9.53 Å². The Morgan fingerprint density at radius 3 is 1.92 bits per heavy atom. The predicted molar refractivity (Wildman–Crippen MR) is 135 cm³/mol. The highest BCUT2D eigenvalue weighted by molar-refractivity contribution is 6.14. The molecule has 0 bridgehead atoms. The fraction of sp³-hybridized carbons (Fsp3) is 0.0690. The van der Waals surface area contributed by atoms with Crippen LogP contribution in [0, 0.1) is 0 Å². The molecule has 0 radical (unpaired) electrons. The fourth-order valence-corrected chi connectivity index (χ4v) is 3.39. The van der Waals surface area contributed by atoms with Crippen molar-refractivity contribution in [3.8, 4) is 17.2 Å². The van der Waals surface area contributed by atoms with Crippen molar-refractivity contribution in [3.05, 3.63) is 120 Å². The minimum atomic E-state index is -0.769. The highest BCUT2D eigenvalue weighted by atomic mass is 16.5. The fourth-order valence-electron chi connectivity index (χ4n) is 3.39. The van der Waals surface area contributed by atoms with Crippen molar-refractivity contribution >= 4 is 23.3 Å². The van der Waals surface area contributed by atoms with Gasteiger partial charge in [0.2, 0.25) is 0 Å². The number of amides is 1. The number of nitrogens with one attached hydrogen (secondary N) is 1. The number of carbonyl (C=O) groups is 3. The van der Waals surface area contributed by atoms with E-state index in [1.165, 1.54) is 13.2 Å². The van der Waals surface area contributed by atoms with Gasteiger partial charge in [-0.05, 0) is 66.7 Å². The predicted octanol–water partition coefficient (Wildman–Crippen LogP) is 5.51. The Labute approximate surface area is 208 Å². The van der Waals surface area contributed by atoms with Gasteiger partial charge in [0.25, 0.3) is 5.91 Å². The summed E-state index contributed by atoms with van der Waals surface area (Å²) in [6, 6.07) is 29.0. The summed E-state index contributed by atoms with van der Waals surface area (Å²) in [7, 11) is 1.54. The first-order valence-corrected chi connectivity index (χ1v) is 11.1. The number of benzene rings is 4. The quantitative estimate of drug-likeness (QED) is 0.250. The minimum absolute atomic E-state index is 0.0773. The lowest BCUT2D eigenvalue weighted by atomic mass is 9.98. The maximum absolute atomic E-state index is 13.0. The molecule has 1 N–H and O–H groups in total. The smallest absolute Gasteiger partial charge is 0.339 e. The number of esters is 1. The van der Waals surface area contributed by atoms with Crippen LogP contribution >= 0.6 is 0 Å². The maximum atomic E-state index is 13.0. The van der Waals surface area contributed by atoms with Gasteiger partial charge in [0, 0.05) is 16.8 Å². The Hall–Kier alpha value is -4.91. The third-order valence-corrected chi connectivity index (χ3v) is 5.20. The summed E-state index contributed by atoms with van der Waals surface area (Å²) in [6.45, 7) is -0.508. The standard InChI is InChI=1S/C29H23NO6/c1-34-22-15-11-20(12-16-22)28(32)25-9-5-6-10-26(25)29(33)35-19-27(31)30-21-13-17-24(18-14-21)36-23-7-3-2-4-8-23/h2-18H,19H2,1H3,(H,30,31). The van der Waals surface area contributed by atoms with Gasteiger partial charge >= 0.3 is 5.97 Å². The average molecular weight is 482 g/mol. The minimum Gasteiger partial charge on any atom is -0.497 e. The third kappa shape index (κ3) is 6.15. The van der Waals surface area contributed by atoms with Crippen LogP contribution in [0.1, 0.15) is 26.3 Å². The molecule has 0 aliphatic heterocycles. The topological polar surface area (TPSA) is 90.9 Å². The van der Waals surface area contributed by atoms with Crippen molar-refractivity contribution < 1.29 is 28.6 Å². The molecule has 0 atom stereocenters. The van der Waals surface area contributed by atoms with Crippen LogP contribution in [0.5, 0.6) is 17.2 Å². The van der Waals surface area contributed by atoms with Crippen molar-refractivity contribution in [3.63, 3.8) is 0 Å². The molecule has 4 aromatic rings. The third-order valence-electron chi connectivity index (χ3n) is 5.20. The molecule has 0 unspecified atom stereocenters. The van der Waals surface area contributed by atoms with Gasteiger partial charge in [-0.2, -0.15) is 0 Å². The molecule has 1 amide bonds. The zero-order chi connectivity index (χ0) is 25.3. The normalized spacial score (nSPS) is 10.2. The van der Waals surface area contributed by atoms with E-state index in [-0.39, 0.29) is 16.9 Å². The van der Waals surface area contributed by atoms with Crippen molar-refractivity contribution in [2.45, 2.75) is 0 Å². The molecule has 0 spiro atoms. The summed E-state index contributed by atoms with van der Waals surface area (Å²) in [5.74, 6) is 0.306. The Bertz CT molecular complexity index is 1350. The van der Waals surface area contributed by atoms with E-state index in [2.05, 4.69) is 5.32 Å². The van der Waals surface area contributed by atoms with Gasteiger partial charge in [-0.25, -0.2) is 4.79 Å². The lowest BCUT2D eigenvalue weighted by molar-refractivity contribution is -0.119. The van der Waals surface area contributed by atoms with E-state index in [1.54, 1.807) is 66.7 Å². The summed E-state index contributed by atoms with van der Waals surface area (Å²) >= 11 is 0. The summed E-state index contributed by atoms with van der Waals surface area (Å²) < 4.78 is 16.0. The number of hydrogen-bond donors (Lipinski definition) is 1. The Balaban J connectivity index is 1.34. The van der Waals surface area contributed by atoms with Gasteiger partial charge in [0.05, 0.1) is 12.7 Å². The first-order valence-electron chi connectivity index (χ1n) is 11.1. The SMILES string of the molecule is COc1ccc(C(=O)c2ccccc2C(=O)OCC(=O)Nc2ccc(Oc3ccccc3)cc2)cc1. The second kappa shape index (κ2) is 11.5. The molecule has 7 nitrogen and oxygen atoms in total. The molecular formula is C29H23NO6. The molecule has 36 heavy (non-hydrogen) atoms. The monoisotopic (exact) mass is 481 g/mol. The number of para-hydroxylation sites is 1. The van der Waals surface area contributed by atoms with Crippen molar-refractivity contribution in [2.24, 2.45) is 0 Å². The van der Waals surface area contributed by atoms with Crippen LogP contribution in [0.25, 0.3) is 0 Å². The zero-order valence-corrected chi connectivity index (χ0v) is 19.5. The summed E-state index contributed by atoms with van der Waals surface area (Å²) in [5, 5.41) is 2.66. The second-order valence-electron chi connectivity index (χ2n) is 7.67. The molecule has 0 aliphatic carbocycles. The number of rotatable bonds is 9. The summed E-state index contributed by atoms with van der Waals surface area (Å²) in [4.78, 5) is 38.0. The molecular weight excluding hydrogens is 458 g/mol. The highest BCUT2D eigenvalue weighted by Crippen LogP contribution is 2.23. The van der Waals surface area contributed by atoms with Crippen molar-refractivity contribution in [2.75, 3.05) is 19.0 Å². The van der Waals surface area contributed by atoms with E-state index in [0.29, 0.717) is 28.5 Å². The molecule has 0 aromatic heterocycles. The van der Waals surface area contributed by atoms with Crippen LogP contribution < -0.4 is 14.8 Å². The molecule has 0 saturated heterocycles. The molecule has 180 valence electrons. The number of carbonyl (C=O) groups excluding carboxylic acids is 3. The summed E-state index contributed by atoms with van der Waals surface area (Å²) in [5.41, 5.74) is 1.18. The lowest BCUT2D eigenvalue weighted by Crippen LogP contribution is -2.22. The van der Waals surface area contributed by atoms with E-state index in [1.807, 2.05) is 30.3 Å². The van der Waals surface area contributed by atoms with Gasteiger partial charge < -0.3 is 19.5 Å². The molecule has 0 fully saturated rings. The van der Waals surface area contributed by atoms with Crippen LogP contribution in [0.3, 0.4) is 0 Å². The number of ketones is 1. The molecule has 0 heterocycles. The lowest BCUT2D eigenvalue weighted by Gasteiger charge is -2.10. The van der Waals surface area contributed by atoms with Crippen LogP contribution in [0.15, 0.2) is 103 Å². The van der Waals surface area contributed by atoms with E-state index in [0.717, 1.165) is 0 Å². The maximum Gasteiger partial charge on any atom is 0.339 e. The highest BCUT2D eigenvalue weighted by Gasteiger charge is 2.20. The first kappa shape index (κ1) is 24.2. The van der Waals surface area contributed by atoms with E-state index in [9.17, 15) is 14.4 Å². The number of ether oxygens (including phenoxy) is 3. The van der Waals surface area contributed by atoms with Crippen LogP contribution in [0.2, 0.25) is 0 Å². The summed E-state index contributed by atoms with van der Waals surface area (Å²) in [6.07, 6.45) is 0. The van der Waals surface area contributed by atoms with Gasteiger partial charge in [-0.1, -0.05) is 36.4 Å². The molecule has 0 aliphatic rings. The largest absolute Gasteiger partial charge is 0.497 e. The van der Waals surface area contributed by atoms with Crippen molar-refractivity contribution in [1.29, 1.82) is 0 Å². The van der Waals surface area contributed by atoms with Crippen LogP contribution in [0.4, 0.5) is 5.69 Å². The number of hydrogen-bond acceptors (Lipinski definition) is 6. The van der Waals surface area contributed by atoms with Gasteiger partial charge in [-0.15, -0.1) is 0 Å². The number of methoxy groups -OCH3 is 1. The van der Waals surface area contributed by atoms with Gasteiger partial charge in [0.15, 0.2) is 12.4 Å². The van der Waals surface area contributed by atoms with E-state index >= 15 is 0 Å². The molecule has 0 saturated carbocycles. The van der Waals surface area contributed by atoms with Gasteiger partial charge in [0.1, 0.15) is 17.2 Å². The van der Waals surface area contributed by atoms with Crippen LogP contribution in [-0.4, -0.2) is 31.4 Å². The Kier molecular flexibility index (Phi) is 7.73. The van der Waals surface area contributed by atoms with Crippen molar-refractivity contribution in [1.82, 2.24) is 0 Å². The molecule has 4 rings (SSSR count). The number of anilines is 1. The molecule has 7 heteroatoms. The molecule has 4 aromatic carbocycles. The Morgan fingerprint density at radius 1 is 0.667 bits per heavy atom. The second-order valence-corrected chi connectivity index (χ2v) is 7.67. The Morgan fingerprint density at radius 2 is 1.25 bits per heavy atom. The first-order chi connectivity index (χ1) is 17.5. The average Bonchev–Trinajstić information content (AvgIpc) is 2.93.